The van der Waals surface area contributed by atoms with E-state index in [-0.39, 0.29) is 70.0 Å². The van der Waals surface area contributed by atoms with Crippen molar-refractivity contribution in [1.29, 1.82) is 0 Å². The summed E-state index contributed by atoms with van der Waals surface area (Å²) in [6.07, 6.45) is -1.79. The second-order valence-corrected chi connectivity index (χ2v) is 17.5. The summed E-state index contributed by atoms with van der Waals surface area (Å²) < 4.78 is 33.2. The van der Waals surface area contributed by atoms with E-state index in [4.69, 9.17) is 28.4 Å². The Labute approximate surface area is 326 Å². The highest BCUT2D eigenvalue weighted by molar-refractivity contribution is 6.12. The number of hydrogen-bond donors (Lipinski definition) is 3. The van der Waals surface area contributed by atoms with Crippen LogP contribution in [0.4, 0.5) is 0 Å². The summed E-state index contributed by atoms with van der Waals surface area (Å²) in [6, 6.07) is 0. The molecule has 5 fully saturated rings. The molecule has 0 aromatic heterocycles. The molecular weight excluding hydrogens is 748 g/mol. The highest BCUT2D eigenvalue weighted by Crippen LogP contribution is 2.82. The molecule has 2 heterocycles. The van der Waals surface area contributed by atoms with Gasteiger partial charge in [-0.15, -0.1) is 0 Å². The molecule has 2 aliphatic heterocycles. The summed E-state index contributed by atoms with van der Waals surface area (Å²) in [5, 5.41) is 37.3. The van der Waals surface area contributed by atoms with Crippen molar-refractivity contribution in [2.75, 3.05) is 26.9 Å². The van der Waals surface area contributed by atoms with Gasteiger partial charge in [-0.3, -0.25) is 14.4 Å². The number of Topliss-reactive ketones (excluding diaryl/α,β-unsaturated/α-hetero) is 1. The number of methoxy groups -OCH3 is 1. The zero-order chi connectivity index (χ0) is 40.9. The molecule has 16 heteroatoms. The number of carbonyl (C=O) groups is 7. The summed E-state index contributed by atoms with van der Waals surface area (Å²) in [4.78, 5) is 93.7. The Balaban J connectivity index is 1.26. The van der Waals surface area contributed by atoms with Crippen LogP contribution in [0.25, 0.3) is 0 Å². The minimum atomic E-state index is -1.82. The van der Waals surface area contributed by atoms with E-state index in [1.165, 1.54) is 19.9 Å². The SMILES string of the molecule is COC(=O)C(C)=C1C(=O)C(O)C2C3=C1C14OC(=O)C5=C1CC1C(O)(COC(=O)C(C)=CCOC(=O)C(OC(C)=O)CC(=O)OC5)C5CC5C1(C)C4CC3(O)C1CC21. The van der Waals surface area contributed by atoms with E-state index in [0.29, 0.717) is 18.4 Å². The lowest BCUT2D eigenvalue weighted by Gasteiger charge is -2.62. The average Bonchev–Trinajstić information content (AvgIpc) is 4.08. The predicted octanol–water partition coefficient (Wildman–Crippen LogP) is 0.644. The number of fused-ring (bicyclic) bond motifs is 7. The number of cyclic esters (lactones) is 3. The fourth-order valence-corrected chi connectivity index (χ4v) is 12.5. The predicted molar refractivity (Wildman–Crippen MR) is 186 cm³/mol. The molecule has 9 aliphatic rings. The van der Waals surface area contributed by atoms with Crippen LogP contribution in [0.3, 0.4) is 0 Å². The molecule has 13 atom stereocenters. The molecule has 13 unspecified atom stereocenters. The number of esters is 6. The average molecular weight is 793 g/mol. The third kappa shape index (κ3) is 4.86. The Kier molecular flexibility index (Phi) is 8.09. The monoisotopic (exact) mass is 792 g/mol. The molecule has 7 aliphatic carbocycles. The second kappa shape index (κ2) is 12.2. The Morgan fingerprint density at radius 3 is 2.37 bits per heavy atom. The maximum atomic E-state index is 14.5. The molecule has 0 aromatic rings. The number of ether oxygens (including phenoxy) is 6. The van der Waals surface area contributed by atoms with Crippen LogP contribution in [0.15, 0.2) is 45.1 Å². The molecule has 3 N–H and O–H groups in total. The van der Waals surface area contributed by atoms with Crippen molar-refractivity contribution in [3.63, 3.8) is 0 Å². The van der Waals surface area contributed by atoms with Crippen molar-refractivity contribution >= 4 is 41.6 Å². The van der Waals surface area contributed by atoms with Crippen LogP contribution in [0.1, 0.15) is 59.8 Å². The second-order valence-electron chi connectivity index (χ2n) is 17.5. The van der Waals surface area contributed by atoms with Crippen molar-refractivity contribution in [2.45, 2.75) is 88.8 Å². The third-order valence-electron chi connectivity index (χ3n) is 15.1. The van der Waals surface area contributed by atoms with Crippen LogP contribution in [-0.4, -0.2) is 113 Å². The molecule has 5 saturated carbocycles. The van der Waals surface area contributed by atoms with Crippen molar-refractivity contribution in [1.82, 2.24) is 0 Å². The molecule has 0 radical (unpaired) electrons. The number of hydrogen-bond acceptors (Lipinski definition) is 16. The van der Waals surface area contributed by atoms with Gasteiger partial charge in [-0.2, -0.15) is 0 Å². The van der Waals surface area contributed by atoms with E-state index in [2.05, 4.69) is 0 Å². The maximum Gasteiger partial charge on any atom is 0.348 e. The summed E-state index contributed by atoms with van der Waals surface area (Å²) >= 11 is 0. The normalized spacial score (nSPS) is 45.1. The Hall–Kier alpha value is -4.67. The van der Waals surface area contributed by atoms with Crippen LogP contribution < -0.4 is 0 Å². The summed E-state index contributed by atoms with van der Waals surface area (Å²) in [5.74, 6) is -9.87. The topological polar surface area (TPSA) is 236 Å². The van der Waals surface area contributed by atoms with Gasteiger partial charge in [0.2, 0.25) is 6.10 Å². The number of carbonyl (C=O) groups excluding carboxylic acids is 7. The first-order valence-corrected chi connectivity index (χ1v) is 19.4. The van der Waals surface area contributed by atoms with Crippen molar-refractivity contribution in [2.24, 2.45) is 46.8 Å². The van der Waals surface area contributed by atoms with Gasteiger partial charge in [0.05, 0.1) is 24.7 Å². The van der Waals surface area contributed by atoms with Crippen LogP contribution in [0.5, 0.6) is 0 Å². The van der Waals surface area contributed by atoms with Crippen LogP contribution >= 0.6 is 0 Å². The molecule has 0 aromatic carbocycles. The highest BCUT2D eigenvalue weighted by atomic mass is 16.6. The summed E-state index contributed by atoms with van der Waals surface area (Å²) in [6.45, 7) is 4.26. The fourth-order valence-electron chi connectivity index (χ4n) is 12.5. The number of rotatable bonds is 2. The van der Waals surface area contributed by atoms with E-state index in [0.717, 1.165) is 14.0 Å². The smallest absolute Gasteiger partial charge is 0.348 e. The molecule has 1 spiro atoms. The van der Waals surface area contributed by atoms with Gasteiger partial charge in [-0.1, -0.05) is 6.92 Å². The van der Waals surface area contributed by atoms with Crippen molar-refractivity contribution in [3.05, 3.63) is 45.1 Å². The molecule has 16 nitrogen and oxygen atoms in total. The van der Waals surface area contributed by atoms with E-state index in [1.54, 1.807) is 0 Å². The maximum absolute atomic E-state index is 14.5. The van der Waals surface area contributed by atoms with E-state index in [9.17, 15) is 48.9 Å². The first-order valence-electron chi connectivity index (χ1n) is 19.4. The van der Waals surface area contributed by atoms with Gasteiger partial charge in [0.25, 0.3) is 0 Å². The van der Waals surface area contributed by atoms with Crippen molar-refractivity contribution in [3.8, 4) is 0 Å². The lowest BCUT2D eigenvalue weighted by atomic mass is 9.44. The van der Waals surface area contributed by atoms with Gasteiger partial charge in [0.15, 0.2) is 11.4 Å². The van der Waals surface area contributed by atoms with Crippen LogP contribution in [0, 0.1) is 46.8 Å². The van der Waals surface area contributed by atoms with Gasteiger partial charge in [-0.05, 0) is 85.8 Å². The molecule has 0 amide bonds. The lowest BCUT2D eigenvalue weighted by molar-refractivity contribution is -0.185. The third-order valence-corrected chi connectivity index (χ3v) is 15.1. The fraction of sp³-hybridized carbons (Fsp3) is 0.634. The van der Waals surface area contributed by atoms with Gasteiger partial charge in [0, 0.05) is 47.0 Å². The zero-order valence-electron chi connectivity index (χ0n) is 32.1. The van der Waals surface area contributed by atoms with Crippen LogP contribution in [0.2, 0.25) is 0 Å². The molecule has 2 bridgehead atoms. The quantitative estimate of drug-likeness (QED) is 0.198. The largest absolute Gasteiger partial charge is 0.466 e. The zero-order valence-corrected chi connectivity index (χ0v) is 32.1. The standard InChI is InChI=1S/C41H44O16/c1-15-6-7-53-37(49)24(56-17(3)42)11-27(43)54-13-19-21-10-25-38(4,22-9-23(22)40(25,51)14-55-34(15)46)26-12-39(50)20-8-18(20)29-30(39)31(41(21,26)57-36(19)48)28(32(44)33(29)45)16(2)35(47)52-5/h6,18,20,22-26,29,33,45,50-51H,7-14H2,1-5H3. The van der Waals surface area contributed by atoms with E-state index in [1.807, 2.05) is 6.92 Å². The molecule has 57 heavy (non-hydrogen) atoms. The van der Waals surface area contributed by atoms with E-state index >= 15 is 0 Å². The van der Waals surface area contributed by atoms with Gasteiger partial charge in [-0.25, -0.2) is 19.2 Å². The van der Waals surface area contributed by atoms with Crippen molar-refractivity contribution < 1.29 is 77.3 Å². The molecule has 304 valence electrons. The summed E-state index contributed by atoms with van der Waals surface area (Å²) in [5.41, 5.74) is -5.66. The Morgan fingerprint density at radius 1 is 0.930 bits per heavy atom. The molecular formula is C41H44O16. The summed E-state index contributed by atoms with van der Waals surface area (Å²) in [7, 11) is 1.14. The first kappa shape index (κ1) is 37.9. The number of aliphatic hydroxyl groups is 3. The van der Waals surface area contributed by atoms with E-state index < -0.39 is 120 Å². The Morgan fingerprint density at radius 2 is 1.67 bits per heavy atom. The number of aliphatic hydroxyl groups excluding tert-OH is 1. The van der Waals surface area contributed by atoms with Crippen LogP contribution in [-0.2, 0) is 62.0 Å². The van der Waals surface area contributed by atoms with Gasteiger partial charge in [0.1, 0.15) is 31.5 Å². The first-order chi connectivity index (χ1) is 26.9. The van der Waals surface area contributed by atoms with Gasteiger partial charge >= 0.3 is 35.8 Å². The molecule has 0 saturated heterocycles. The van der Waals surface area contributed by atoms with Gasteiger partial charge < -0.3 is 43.7 Å². The highest BCUT2D eigenvalue weighted by Gasteiger charge is 2.84. The lowest BCUT2D eigenvalue weighted by Crippen LogP contribution is -2.66. The minimum Gasteiger partial charge on any atom is -0.466 e. The molecule has 9 rings (SSSR count). The minimum absolute atomic E-state index is 0.0267. The Bertz CT molecular complexity index is 2120. The number of ketones is 1.